The molecule has 0 saturated heterocycles. The Kier molecular flexibility index (Phi) is 6.46. The number of ether oxygens (including phenoxy) is 2. The molecule has 4 nitrogen and oxygen atoms in total. The van der Waals surface area contributed by atoms with Crippen molar-refractivity contribution >= 4 is 11.6 Å². The number of hydrogen-bond acceptors (Lipinski definition) is 3. The summed E-state index contributed by atoms with van der Waals surface area (Å²) in [6, 6.07) is 2.16. The van der Waals surface area contributed by atoms with Gasteiger partial charge in [-0.3, -0.25) is 4.79 Å². The zero-order chi connectivity index (χ0) is 16.8. The van der Waals surface area contributed by atoms with Crippen molar-refractivity contribution in [2.45, 2.75) is 52.9 Å². The van der Waals surface area contributed by atoms with E-state index in [1.807, 2.05) is 4.90 Å². The molecule has 4 heteroatoms. The molecule has 128 valence electrons. The number of nitrogens with zero attached hydrogens (tertiary/aromatic N) is 1. The molecule has 1 aliphatic rings. The molecule has 0 atom stereocenters. The van der Waals surface area contributed by atoms with E-state index in [1.165, 1.54) is 16.7 Å². The molecule has 1 aromatic rings. The van der Waals surface area contributed by atoms with E-state index in [9.17, 15) is 4.79 Å². The smallest absolute Gasteiger partial charge is 0.253 e. The molecule has 0 bridgehead atoms. The number of anilines is 1. The van der Waals surface area contributed by atoms with E-state index in [0.717, 1.165) is 43.5 Å². The van der Waals surface area contributed by atoms with E-state index in [2.05, 4.69) is 26.8 Å². The van der Waals surface area contributed by atoms with Crippen molar-refractivity contribution in [2.24, 2.45) is 0 Å². The Morgan fingerprint density at radius 2 is 1.96 bits per heavy atom. The summed E-state index contributed by atoms with van der Waals surface area (Å²) in [5.74, 6) is 0.873. The Hall–Kier alpha value is -1.55. The summed E-state index contributed by atoms with van der Waals surface area (Å²) >= 11 is 0. The molecule has 0 aliphatic carbocycles. The van der Waals surface area contributed by atoms with Crippen molar-refractivity contribution in [3.05, 3.63) is 22.8 Å². The first kappa shape index (κ1) is 17.8. The van der Waals surface area contributed by atoms with Gasteiger partial charge in [-0.15, -0.1) is 0 Å². The Labute approximate surface area is 139 Å². The van der Waals surface area contributed by atoms with Crippen LogP contribution in [0.3, 0.4) is 0 Å². The lowest BCUT2D eigenvalue weighted by atomic mass is 9.90. The second-order valence-corrected chi connectivity index (χ2v) is 6.02. The molecule has 1 aromatic carbocycles. The summed E-state index contributed by atoms with van der Waals surface area (Å²) in [5.41, 5.74) is 5.04. The Morgan fingerprint density at radius 3 is 2.57 bits per heavy atom. The third-order valence-corrected chi connectivity index (χ3v) is 4.36. The molecule has 0 fully saturated rings. The van der Waals surface area contributed by atoms with Crippen LogP contribution in [0.5, 0.6) is 5.75 Å². The van der Waals surface area contributed by atoms with Gasteiger partial charge >= 0.3 is 0 Å². The minimum absolute atomic E-state index is 0.0115. The number of hydrogen-bond donors (Lipinski definition) is 0. The number of aryl methyl sites for hydroxylation is 1. The van der Waals surface area contributed by atoms with Crippen LogP contribution in [0.4, 0.5) is 5.69 Å². The average Bonchev–Trinajstić information content (AvgIpc) is 2.55. The summed E-state index contributed by atoms with van der Waals surface area (Å²) in [4.78, 5) is 14.3. The van der Waals surface area contributed by atoms with Gasteiger partial charge in [-0.2, -0.15) is 0 Å². The molecule has 0 saturated carbocycles. The van der Waals surface area contributed by atoms with E-state index < -0.39 is 0 Å². The highest BCUT2D eigenvalue weighted by atomic mass is 16.5. The Morgan fingerprint density at radius 1 is 1.22 bits per heavy atom. The molecule has 2 rings (SSSR count). The van der Waals surface area contributed by atoms with E-state index in [1.54, 1.807) is 7.11 Å². The maximum atomic E-state index is 12.5. The van der Waals surface area contributed by atoms with Crippen molar-refractivity contribution in [1.82, 2.24) is 0 Å². The molecule has 1 aliphatic heterocycles. The first-order valence-electron chi connectivity index (χ1n) is 8.77. The lowest BCUT2D eigenvalue weighted by Gasteiger charge is -2.33. The van der Waals surface area contributed by atoms with Gasteiger partial charge in [0.25, 0.3) is 5.91 Å². The van der Waals surface area contributed by atoms with Gasteiger partial charge in [0.05, 0.1) is 12.2 Å². The predicted octanol–water partition coefficient (Wildman–Crippen LogP) is 3.53. The number of carbonyl (C=O) groups is 1. The minimum atomic E-state index is 0.0115. The third-order valence-electron chi connectivity index (χ3n) is 4.36. The number of carbonyl (C=O) groups excluding carboxylic acids is 1. The van der Waals surface area contributed by atoms with Crippen molar-refractivity contribution in [2.75, 3.05) is 31.8 Å². The zero-order valence-electron chi connectivity index (χ0n) is 14.9. The third kappa shape index (κ3) is 3.69. The Bertz CT molecular complexity index is 554. The molecule has 0 N–H and O–H groups in total. The van der Waals surface area contributed by atoms with Crippen LogP contribution in [0.2, 0.25) is 0 Å². The molecular formula is C19H29NO3. The van der Waals surface area contributed by atoms with Gasteiger partial charge < -0.3 is 14.4 Å². The van der Waals surface area contributed by atoms with Gasteiger partial charge in [0, 0.05) is 7.11 Å². The van der Waals surface area contributed by atoms with Crippen LogP contribution in [0.15, 0.2) is 6.07 Å². The van der Waals surface area contributed by atoms with Gasteiger partial charge in [-0.1, -0.05) is 33.6 Å². The second-order valence-electron chi connectivity index (χ2n) is 6.02. The van der Waals surface area contributed by atoms with Crippen LogP contribution in [-0.2, 0) is 28.8 Å². The van der Waals surface area contributed by atoms with E-state index >= 15 is 0 Å². The summed E-state index contributed by atoms with van der Waals surface area (Å²) in [6.45, 7) is 7.83. The predicted molar refractivity (Wildman–Crippen MR) is 93.5 cm³/mol. The highest BCUT2D eigenvalue weighted by Gasteiger charge is 2.28. The first-order chi connectivity index (χ1) is 11.2. The van der Waals surface area contributed by atoms with Gasteiger partial charge in [-0.25, -0.2) is 0 Å². The highest BCUT2D eigenvalue weighted by Crippen LogP contribution is 2.40. The molecular weight excluding hydrogens is 290 g/mol. The van der Waals surface area contributed by atoms with Crippen molar-refractivity contribution in [3.63, 3.8) is 0 Å². The quantitative estimate of drug-likeness (QED) is 0.772. The van der Waals surface area contributed by atoms with Gasteiger partial charge in [-0.05, 0) is 42.0 Å². The van der Waals surface area contributed by atoms with E-state index in [0.29, 0.717) is 13.2 Å². The lowest BCUT2D eigenvalue weighted by Crippen LogP contribution is -2.41. The summed E-state index contributed by atoms with van der Waals surface area (Å²) in [7, 11) is 1.56. The molecule has 0 aromatic heterocycles. The van der Waals surface area contributed by atoms with Crippen LogP contribution < -0.4 is 9.64 Å². The van der Waals surface area contributed by atoms with Crippen LogP contribution in [-0.4, -0.2) is 32.8 Å². The summed E-state index contributed by atoms with van der Waals surface area (Å²) < 4.78 is 11.0. The molecule has 1 heterocycles. The van der Waals surface area contributed by atoms with E-state index in [4.69, 9.17) is 9.47 Å². The summed E-state index contributed by atoms with van der Waals surface area (Å²) in [6.07, 6.45) is 5.25. The second kappa shape index (κ2) is 8.34. The monoisotopic (exact) mass is 319 g/mol. The van der Waals surface area contributed by atoms with Gasteiger partial charge in [0.15, 0.2) is 0 Å². The fourth-order valence-corrected chi connectivity index (χ4v) is 3.45. The minimum Gasteiger partial charge on any atom is -0.490 e. The number of fused-ring (bicyclic) bond motifs is 1. The normalized spacial score (nSPS) is 13.7. The van der Waals surface area contributed by atoms with Crippen molar-refractivity contribution in [3.8, 4) is 5.75 Å². The van der Waals surface area contributed by atoms with Crippen LogP contribution in [0.25, 0.3) is 0 Å². The van der Waals surface area contributed by atoms with E-state index in [-0.39, 0.29) is 12.5 Å². The standard InChI is InChI=1S/C19H29NO3/c1-5-8-14-12-17-19(15(7-3)16(14)9-6-2)20(10-11-23-17)18(21)13-22-4/h12H,5-11,13H2,1-4H3. The van der Waals surface area contributed by atoms with Crippen molar-refractivity contribution in [1.29, 1.82) is 0 Å². The number of rotatable bonds is 7. The SMILES string of the molecule is CCCc1cc2c(c(CC)c1CCC)N(C(=O)COC)CCO2. The summed E-state index contributed by atoms with van der Waals surface area (Å²) in [5, 5.41) is 0. The van der Waals surface area contributed by atoms with Crippen molar-refractivity contribution < 1.29 is 14.3 Å². The average molecular weight is 319 g/mol. The number of benzene rings is 1. The maximum Gasteiger partial charge on any atom is 0.253 e. The molecule has 23 heavy (non-hydrogen) atoms. The molecule has 1 amide bonds. The van der Waals surface area contributed by atoms with Crippen LogP contribution in [0.1, 0.15) is 50.3 Å². The molecule has 0 spiro atoms. The van der Waals surface area contributed by atoms with Crippen LogP contribution in [0, 0.1) is 0 Å². The first-order valence-corrected chi connectivity index (χ1v) is 8.77. The number of amides is 1. The Balaban J connectivity index is 2.57. The van der Waals surface area contributed by atoms with Crippen LogP contribution >= 0.6 is 0 Å². The fourth-order valence-electron chi connectivity index (χ4n) is 3.45. The fraction of sp³-hybridized carbons (Fsp3) is 0.632. The topological polar surface area (TPSA) is 38.8 Å². The molecule has 0 radical (unpaired) electrons. The maximum absolute atomic E-state index is 12.5. The largest absolute Gasteiger partial charge is 0.490 e. The highest BCUT2D eigenvalue weighted by molar-refractivity contribution is 5.97. The number of methoxy groups -OCH3 is 1. The molecule has 0 unspecified atom stereocenters. The lowest BCUT2D eigenvalue weighted by molar-refractivity contribution is -0.122. The van der Waals surface area contributed by atoms with Gasteiger partial charge in [0.2, 0.25) is 0 Å². The van der Waals surface area contributed by atoms with Gasteiger partial charge in [0.1, 0.15) is 19.0 Å². The zero-order valence-corrected chi connectivity index (χ0v) is 14.9.